The first-order valence-corrected chi connectivity index (χ1v) is 6.63. The topological polar surface area (TPSA) is 35.5 Å². The van der Waals surface area contributed by atoms with Crippen LogP contribution in [0, 0.1) is 5.92 Å². The van der Waals surface area contributed by atoms with Gasteiger partial charge in [0.1, 0.15) is 6.61 Å². The van der Waals surface area contributed by atoms with E-state index < -0.39 is 0 Å². The average Bonchev–Trinajstić information content (AvgIpc) is 2.42. The van der Waals surface area contributed by atoms with Crippen LogP contribution < -0.4 is 9.47 Å². The van der Waals surface area contributed by atoms with Crippen LogP contribution in [0.3, 0.4) is 0 Å². The van der Waals surface area contributed by atoms with Gasteiger partial charge in [0.25, 0.3) is 0 Å². The number of ether oxygens (including phenoxy) is 2. The van der Waals surface area contributed by atoms with Gasteiger partial charge in [0.05, 0.1) is 7.11 Å². The van der Waals surface area contributed by atoms with Crippen molar-refractivity contribution in [3.05, 3.63) is 42.0 Å². The van der Waals surface area contributed by atoms with Crippen molar-refractivity contribution in [1.29, 1.82) is 0 Å². The standard InChI is InChI=1S/C17H22O3/c1-6-9-20-16-8-7-14(11-17(16)19-5)10-15(12(2)3)13(4)18/h6-8,10-12H,1,9H2,2-5H3/b15-10+. The first-order chi connectivity index (χ1) is 9.49. The molecule has 0 unspecified atom stereocenters. The van der Waals surface area contributed by atoms with Crippen LogP contribution in [-0.2, 0) is 4.79 Å². The number of carbonyl (C=O) groups is 1. The van der Waals surface area contributed by atoms with Crippen LogP contribution in [0.1, 0.15) is 26.3 Å². The molecule has 0 amide bonds. The molecule has 20 heavy (non-hydrogen) atoms. The van der Waals surface area contributed by atoms with Crippen molar-refractivity contribution in [2.75, 3.05) is 13.7 Å². The molecule has 0 radical (unpaired) electrons. The van der Waals surface area contributed by atoms with Gasteiger partial charge in [-0.2, -0.15) is 0 Å². The molecular formula is C17H22O3. The van der Waals surface area contributed by atoms with Gasteiger partial charge in [-0.05, 0) is 42.2 Å². The minimum absolute atomic E-state index is 0.0888. The maximum absolute atomic E-state index is 11.6. The molecule has 1 aromatic carbocycles. The summed E-state index contributed by atoms with van der Waals surface area (Å²) in [5, 5.41) is 0. The highest BCUT2D eigenvalue weighted by Crippen LogP contribution is 2.29. The van der Waals surface area contributed by atoms with Crippen molar-refractivity contribution in [2.45, 2.75) is 20.8 Å². The molecule has 3 heteroatoms. The highest BCUT2D eigenvalue weighted by molar-refractivity contribution is 5.98. The largest absolute Gasteiger partial charge is 0.493 e. The Hall–Kier alpha value is -2.03. The van der Waals surface area contributed by atoms with Gasteiger partial charge in [0.15, 0.2) is 17.3 Å². The molecular weight excluding hydrogens is 252 g/mol. The first kappa shape index (κ1) is 16.0. The van der Waals surface area contributed by atoms with Crippen LogP contribution in [0.5, 0.6) is 11.5 Å². The summed E-state index contributed by atoms with van der Waals surface area (Å²) in [4.78, 5) is 11.6. The Kier molecular flexibility index (Phi) is 6.04. The lowest BCUT2D eigenvalue weighted by atomic mass is 9.97. The fourth-order valence-electron chi connectivity index (χ4n) is 1.90. The fourth-order valence-corrected chi connectivity index (χ4v) is 1.90. The monoisotopic (exact) mass is 274 g/mol. The van der Waals surface area contributed by atoms with E-state index in [4.69, 9.17) is 9.47 Å². The highest BCUT2D eigenvalue weighted by Gasteiger charge is 2.10. The van der Waals surface area contributed by atoms with E-state index >= 15 is 0 Å². The number of carbonyl (C=O) groups excluding carboxylic acids is 1. The normalized spacial score (nSPS) is 11.3. The number of allylic oxidation sites excluding steroid dienone is 1. The Bertz CT molecular complexity index is 513. The molecule has 0 atom stereocenters. The zero-order valence-electron chi connectivity index (χ0n) is 12.6. The van der Waals surface area contributed by atoms with Gasteiger partial charge >= 0.3 is 0 Å². The predicted molar refractivity (Wildman–Crippen MR) is 82.2 cm³/mol. The van der Waals surface area contributed by atoms with Crippen LogP contribution >= 0.6 is 0 Å². The number of benzene rings is 1. The summed E-state index contributed by atoms with van der Waals surface area (Å²) >= 11 is 0. The van der Waals surface area contributed by atoms with E-state index in [1.807, 2.05) is 38.1 Å². The fraction of sp³-hybridized carbons (Fsp3) is 0.353. The van der Waals surface area contributed by atoms with Crippen molar-refractivity contribution >= 4 is 11.9 Å². The van der Waals surface area contributed by atoms with Crippen LogP contribution in [0.2, 0.25) is 0 Å². The number of ketones is 1. The third-order valence-corrected chi connectivity index (χ3v) is 2.90. The van der Waals surface area contributed by atoms with Crippen molar-refractivity contribution in [1.82, 2.24) is 0 Å². The summed E-state index contributed by atoms with van der Waals surface area (Å²) in [7, 11) is 1.60. The molecule has 0 heterocycles. The summed E-state index contributed by atoms with van der Waals surface area (Å²) in [5.41, 5.74) is 1.72. The minimum Gasteiger partial charge on any atom is -0.493 e. The van der Waals surface area contributed by atoms with E-state index in [0.717, 1.165) is 11.1 Å². The van der Waals surface area contributed by atoms with E-state index in [-0.39, 0.29) is 11.7 Å². The van der Waals surface area contributed by atoms with Crippen LogP contribution in [0.25, 0.3) is 6.08 Å². The van der Waals surface area contributed by atoms with E-state index in [9.17, 15) is 4.79 Å². The van der Waals surface area contributed by atoms with Crippen molar-refractivity contribution < 1.29 is 14.3 Å². The van der Waals surface area contributed by atoms with Crippen LogP contribution in [0.15, 0.2) is 36.4 Å². The second-order valence-electron chi connectivity index (χ2n) is 4.82. The SMILES string of the molecule is C=CCOc1ccc(/C=C(/C(C)=O)C(C)C)cc1OC. The van der Waals surface area contributed by atoms with Gasteiger partial charge < -0.3 is 9.47 Å². The molecule has 1 rings (SSSR count). The van der Waals surface area contributed by atoms with Crippen molar-refractivity contribution in [3.8, 4) is 11.5 Å². The maximum Gasteiger partial charge on any atom is 0.161 e. The first-order valence-electron chi connectivity index (χ1n) is 6.63. The molecule has 0 aliphatic carbocycles. The molecule has 0 fully saturated rings. The Morgan fingerprint density at radius 3 is 2.55 bits per heavy atom. The summed E-state index contributed by atoms with van der Waals surface area (Å²) in [6, 6.07) is 5.61. The minimum atomic E-state index is 0.0888. The summed E-state index contributed by atoms with van der Waals surface area (Å²) < 4.78 is 10.8. The van der Waals surface area contributed by atoms with E-state index in [1.54, 1.807) is 20.1 Å². The Morgan fingerprint density at radius 2 is 2.05 bits per heavy atom. The molecule has 108 valence electrons. The summed E-state index contributed by atoms with van der Waals surface area (Å²) in [6.45, 7) is 9.64. The number of rotatable bonds is 7. The molecule has 0 N–H and O–H groups in total. The van der Waals surface area contributed by atoms with Gasteiger partial charge in [-0.15, -0.1) is 0 Å². The van der Waals surface area contributed by atoms with Crippen molar-refractivity contribution in [3.63, 3.8) is 0 Å². The third kappa shape index (κ3) is 4.26. The second kappa shape index (κ2) is 7.53. The van der Waals surface area contributed by atoms with Crippen LogP contribution in [0.4, 0.5) is 0 Å². The van der Waals surface area contributed by atoms with Gasteiger partial charge in [0, 0.05) is 0 Å². The maximum atomic E-state index is 11.6. The smallest absolute Gasteiger partial charge is 0.161 e. The Labute approximate surface area is 120 Å². The van der Waals surface area contributed by atoms with E-state index in [1.165, 1.54) is 0 Å². The zero-order valence-corrected chi connectivity index (χ0v) is 12.6. The average molecular weight is 274 g/mol. The lowest BCUT2D eigenvalue weighted by Crippen LogP contribution is -2.03. The Morgan fingerprint density at radius 1 is 1.35 bits per heavy atom. The zero-order chi connectivity index (χ0) is 15.1. The highest BCUT2D eigenvalue weighted by atomic mass is 16.5. The molecule has 0 saturated heterocycles. The van der Waals surface area contributed by atoms with Gasteiger partial charge in [-0.1, -0.05) is 32.6 Å². The molecule has 0 aliphatic heterocycles. The second-order valence-corrected chi connectivity index (χ2v) is 4.82. The summed E-state index contributed by atoms with van der Waals surface area (Å²) in [6.07, 6.45) is 3.58. The number of hydrogen-bond acceptors (Lipinski definition) is 3. The molecule has 0 bridgehead atoms. The molecule has 0 saturated carbocycles. The number of Topliss-reactive ketones (excluding diaryl/α,β-unsaturated/α-hetero) is 1. The van der Waals surface area contributed by atoms with Crippen molar-refractivity contribution in [2.24, 2.45) is 5.92 Å². The summed E-state index contributed by atoms with van der Waals surface area (Å²) in [5.74, 6) is 1.59. The molecule has 0 aromatic heterocycles. The number of methoxy groups -OCH3 is 1. The molecule has 3 nitrogen and oxygen atoms in total. The molecule has 0 spiro atoms. The van der Waals surface area contributed by atoms with Crippen LogP contribution in [-0.4, -0.2) is 19.5 Å². The van der Waals surface area contributed by atoms with Gasteiger partial charge in [-0.25, -0.2) is 0 Å². The quantitative estimate of drug-likeness (QED) is 0.559. The molecule has 0 aliphatic rings. The van der Waals surface area contributed by atoms with Gasteiger partial charge in [0.2, 0.25) is 0 Å². The third-order valence-electron chi connectivity index (χ3n) is 2.90. The molecule has 1 aromatic rings. The van der Waals surface area contributed by atoms with E-state index in [2.05, 4.69) is 6.58 Å². The van der Waals surface area contributed by atoms with E-state index in [0.29, 0.717) is 18.1 Å². The lowest BCUT2D eigenvalue weighted by Gasteiger charge is -2.11. The predicted octanol–water partition coefficient (Wildman–Crippen LogP) is 3.89. The Balaban J connectivity index is 3.11. The number of hydrogen-bond donors (Lipinski definition) is 0. The van der Waals surface area contributed by atoms with Gasteiger partial charge in [-0.3, -0.25) is 4.79 Å². The lowest BCUT2D eigenvalue weighted by molar-refractivity contribution is -0.113.